The number of anilines is 2. The number of rotatable bonds is 13. The zero-order valence-corrected chi connectivity index (χ0v) is 31.9. The number of aryl methyl sites for hydroxylation is 1. The number of nitrogens with two attached hydrogens (primary N) is 1. The number of amides is 3. The highest BCUT2D eigenvalue weighted by atomic mass is 32.2. The van der Waals surface area contributed by atoms with Crippen LogP contribution >= 0.6 is 0 Å². The average molecular weight is 717 g/mol. The number of imide groups is 1. The summed E-state index contributed by atoms with van der Waals surface area (Å²) in [7, 11) is -4.06. The molecule has 51 heavy (non-hydrogen) atoms. The van der Waals surface area contributed by atoms with Crippen molar-refractivity contribution in [1.82, 2.24) is 10.2 Å². The Morgan fingerprint density at radius 1 is 1.02 bits per heavy atom. The van der Waals surface area contributed by atoms with Crippen molar-refractivity contribution in [1.29, 1.82) is 0 Å². The summed E-state index contributed by atoms with van der Waals surface area (Å²) in [5, 5.41) is 2.61. The molecule has 10 nitrogen and oxygen atoms in total. The fraction of sp³-hybridized carbons (Fsp3) is 0.425. The van der Waals surface area contributed by atoms with Crippen molar-refractivity contribution in [2.24, 2.45) is 5.92 Å². The summed E-state index contributed by atoms with van der Waals surface area (Å²) in [6.45, 7) is 19.2. The zero-order valence-electron chi connectivity index (χ0n) is 31.1. The number of sulfonamides is 1. The standard InChI is InChI=1S/C40H53N5O5S/c1-8-10-38(47)44(27-46)19-18-42-39(48)33-14-17-37(36(41)23-33)51(49,50)43-34-15-12-31(13-16-34)25-45(20-9-11-28(2)24-45)26-32-21-29(3)30(4)35(22-32)40(5,6)7/h8,10,12-17,21-23,27-28,43H,9,11,18-20,24-26,41H2,1-7H3/p+1/b10-8-/t28-,45?/m0/s1. The van der Waals surface area contributed by atoms with Crippen LogP contribution in [0.25, 0.3) is 0 Å². The third-order valence-electron chi connectivity index (χ3n) is 9.72. The van der Waals surface area contributed by atoms with E-state index >= 15 is 0 Å². The predicted octanol–water partition coefficient (Wildman–Crippen LogP) is 6.22. The molecule has 3 amide bonds. The van der Waals surface area contributed by atoms with E-state index in [0.717, 1.165) is 41.1 Å². The molecule has 1 aliphatic heterocycles. The largest absolute Gasteiger partial charge is 0.398 e. The predicted molar refractivity (Wildman–Crippen MR) is 203 cm³/mol. The number of nitrogens with one attached hydrogen (secondary N) is 2. The number of likely N-dealkylation sites (tertiary alicyclic amines) is 1. The Labute approximate surface area is 303 Å². The van der Waals surface area contributed by atoms with Gasteiger partial charge in [0.2, 0.25) is 6.41 Å². The molecule has 11 heteroatoms. The monoisotopic (exact) mass is 716 g/mol. The average Bonchev–Trinajstić information content (AvgIpc) is 3.04. The van der Waals surface area contributed by atoms with Gasteiger partial charge >= 0.3 is 0 Å². The lowest BCUT2D eigenvalue weighted by atomic mass is 9.81. The number of nitrogens with zero attached hydrogens (tertiary/aromatic N) is 2. The molecule has 1 aliphatic rings. The van der Waals surface area contributed by atoms with Crippen LogP contribution in [0.3, 0.4) is 0 Å². The summed E-state index contributed by atoms with van der Waals surface area (Å²) in [4.78, 5) is 36.5. The molecule has 1 fully saturated rings. The zero-order chi connectivity index (χ0) is 37.6. The molecule has 1 saturated heterocycles. The Bertz CT molecular complexity index is 1880. The van der Waals surface area contributed by atoms with Crippen LogP contribution in [0.2, 0.25) is 0 Å². The molecule has 0 spiro atoms. The lowest BCUT2D eigenvalue weighted by Gasteiger charge is -2.44. The second kappa shape index (κ2) is 16.2. The summed E-state index contributed by atoms with van der Waals surface area (Å²) in [6.07, 6.45) is 5.57. The number of hydrogen-bond acceptors (Lipinski definition) is 6. The summed E-state index contributed by atoms with van der Waals surface area (Å²) >= 11 is 0. The van der Waals surface area contributed by atoms with E-state index < -0.39 is 21.8 Å². The maximum Gasteiger partial charge on any atom is 0.263 e. The molecule has 1 unspecified atom stereocenters. The number of quaternary nitrogens is 1. The Morgan fingerprint density at radius 2 is 1.71 bits per heavy atom. The van der Waals surface area contributed by atoms with Crippen LogP contribution in [0, 0.1) is 19.8 Å². The Balaban J connectivity index is 1.45. The van der Waals surface area contributed by atoms with Gasteiger partial charge in [0, 0.05) is 41.4 Å². The molecular formula is C40H54N5O5S+. The lowest BCUT2D eigenvalue weighted by molar-refractivity contribution is -0.960. The summed E-state index contributed by atoms with van der Waals surface area (Å²) in [6, 6.07) is 16.3. The van der Waals surface area contributed by atoms with Gasteiger partial charge in [0.25, 0.3) is 21.8 Å². The van der Waals surface area contributed by atoms with E-state index in [1.807, 2.05) is 12.1 Å². The first-order chi connectivity index (χ1) is 24.0. The minimum Gasteiger partial charge on any atom is -0.398 e. The molecule has 1 heterocycles. The lowest BCUT2D eigenvalue weighted by Crippen LogP contribution is -2.52. The van der Waals surface area contributed by atoms with Gasteiger partial charge in [-0.25, -0.2) is 8.42 Å². The van der Waals surface area contributed by atoms with Gasteiger partial charge in [-0.3, -0.25) is 24.0 Å². The van der Waals surface area contributed by atoms with Crippen LogP contribution in [0.4, 0.5) is 11.4 Å². The minimum atomic E-state index is -4.06. The van der Waals surface area contributed by atoms with Crippen molar-refractivity contribution in [3.8, 4) is 0 Å². The molecule has 0 bridgehead atoms. The first-order valence-electron chi connectivity index (χ1n) is 17.6. The molecule has 274 valence electrons. The highest BCUT2D eigenvalue weighted by Gasteiger charge is 2.34. The van der Waals surface area contributed by atoms with Crippen molar-refractivity contribution in [3.05, 3.63) is 100 Å². The fourth-order valence-electron chi connectivity index (χ4n) is 7.21. The molecule has 0 aliphatic carbocycles. The molecular weight excluding hydrogens is 663 g/mol. The van der Waals surface area contributed by atoms with Crippen molar-refractivity contribution < 1.29 is 27.3 Å². The van der Waals surface area contributed by atoms with E-state index in [2.05, 4.69) is 63.7 Å². The van der Waals surface area contributed by atoms with Crippen molar-refractivity contribution in [2.75, 3.05) is 36.6 Å². The van der Waals surface area contributed by atoms with E-state index in [9.17, 15) is 22.8 Å². The molecule has 4 rings (SSSR count). The first-order valence-corrected chi connectivity index (χ1v) is 19.1. The summed E-state index contributed by atoms with van der Waals surface area (Å²) in [5.74, 6) is -0.394. The molecule has 0 aromatic heterocycles. The highest BCUT2D eigenvalue weighted by Crippen LogP contribution is 2.34. The Hall–Kier alpha value is -4.48. The van der Waals surface area contributed by atoms with E-state index in [-0.39, 0.29) is 34.7 Å². The van der Waals surface area contributed by atoms with Gasteiger partial charge in [0.15, 0.2) is 0 Å². The highest BCUT2D eigenvalue weighted by molar-refractivity contribution is 7.92. The summed E-state index contributed by atoms with van der Waals surface area (Å²) in [5.41, 5.74) is 13.3. The number of carbonyl (C=O) groups excluding carboxylic acids is 3. The number of nitrogen functional groups attached to an aromatic ring is 1. The van der Waals surface area contributed by atoms with Crippen LogP contribution in [-0.2, 0) is 38.1 Å². The third kappa shape index (κ3) is 10.1. The molecule has 2 atom stereocenters. The second-order valence-corrected chi connectivity index (χ2v) is 16.7. The van der Waals surface area contributed by atoms with Crippen LogP contribution in [-0.4, -0.2) is 62.2 Å². The van der Waals surface area contributed by atoms with Crippen molar-refractivity contribution in [3.63, 3.8) is 0 Å². The van der Waals surface area contributed by atoms with Gasteiger partial charge in [-0.15, -0.1) is 0 Å². The number of benzene rings is 3. The number of hydrogen-bond donors (Lipinski definition) is 3. The first kappa shape index (κ1) is 39.3. The normalized spacial score (nSPS) is 18.0. The second-order valence-electron chi connectivity index (χ2n) is 15.1. The topological polar surface area (TPSA) is 139 Å². The van der Waals surface area contributed by atoms with Gasteiger partial charge in [0.1, 0.15) is 18.0 Å². The number of carbonyl (C=O) groups is 3. The molecule has 3 aromatic carbocycles. The molecule has 0 saturated carbocycles. The van der Waals surface area contributed by atoms with E-state index in [1.165, 1.54) is 65.4 Å². The van der Waals surface area contributed by atoms with E-state index in [4.69, 9.17) is 5.73 Å². The number of allylic oxidation sites excluding steroid dienone is 1. The van der Waals surface area contributed by atoms with Gasteiger partial charge in [0.05, 0.1) is 18.8 Å². The van der Waals surface area contributed by atoms with Crippen LogP contribution in [0.1, 0.15) is 85.6 Å². The minimum absolute atomic E-state index is 0.0150. The van der Waals surface area contributed by atoms with E-state index in [0.29, 0.717) is 18.0 Å². The van der Waals surface area contributed by atoms with E-state index in [1.54, 1.807) is 19.1 Å². The maximum absolute atomic E-state index is 13.4. The maximum atomic E-state index is 13.4. The smallest absolute Gasteiger partial charge is 0.263 e. The molecule has 4 N–H and O–H groups in total. The Morgan fingerprint density at radius 3 is 2.31 bits per heavy atom. The Kier molecular flexibility index (Phi) is 12.5. The SMILES string of the molecule is C/C=C\C(=O)N(C=O)CCNC(=O)c1ccc(S(=O)(=O)Nc2ccc(C[N+]3(Cc4cc(C)c(C)c(C(C)(C)C)c4)CCC[C@H](C)C3)cc2)c(N)c1. The third-order valence-corrected chi connectivity index (χ3v) is 11.2. The van der Waals surface area contributed by atoms with Crippen LogP contribution < -0.4 is 15.8 Å². The van der Waals surface area contributed by atoms with Gasteiger partial charge in [-0.1, -0.05) is 52.0 Å². The van der Waals surface area contributed by atoms with Crippen LogP contribution in [0.5, 0.6) is 0 Å². The van der Waals surface area contributed by atoms with Crippen molar-refractivity contribution in [2.45, 2.75) is 84.7 Å². The molecule has 0 radical (unpaired) electrons. The van der Waals surface area contributed by atoms with Gasteiger partial charge < -0.3 is 15.5 Å². The molecule has 3 aromatic rings. The number of piperidine rings is 1. The van der Waals surface area contributed by atoms with Crippen LogP contribution in [0.15, 0.2) is 71.6 Å². The van der Waals surface area contributed by atoms with Crippen molar-refractivity contribution >= 4 is 39.6 Å². The quantitative estimate of drug-likeness (QED) is 0.0831. The fourth-order valence-corrected chi connectivity index (χ4v) is 8.38. The summed E-state index contributed by atoms with van der Waals surface area (Å²) < 4.78 is 30.3. The van der Waals surface area contributed by atoms with Gasteiger partial charge in [-0.2, -0.15) is 0 Å². The van der Waals surface area contributed by atoms with Gasteiger partial charge in [-0.05, 0) is 98.2 Å².